The van der Waals surface area contributed by atoms with Gasteiger partial charge in [0.1, 0.15) is 5.75 Å². The lowest BCUT2D eigenvalue weighted by Crippen LogP contribution is -1.83. The molecule has 2 heteroatoms. The Bertz CT molecular complexity index is 272. The van der Waals surface area contributed by atoms with Gasteiger partial charge in [-0.2, -0.15) is 0 Å². The Kier molecular flexibility index (Phi) is 3.18. The maximum absolute atomic E-state index is 9.40. The van der Waals surface area contributed by atoms with Crippen LogP contribution >= 0.6 is 11.6 Å². The molecule has 0 spiro atoms. The monoisotopic (exact) mass is 182 g/mol. The van der Waals surface area contributed by atoms with Gasteiger partial charge in [0.25, 0.3) is 0 Å². The van der Waals surface area contributed by atoms with E-state index < -0.39 is 0 Å². The van der Waals surface area contributed by atoms with Crippen LogP contribution in [0.4, 0.5) is 0 Å². The molecule has 1 N–H and O–H groups in total. The molecule has 0 aliphatic heterocycles. The molecule has 1 aromatic carbocycles. The maximum atomic E-state index is 9.40. The summed E-state index contributed by atoms with van der Waals surface area (Å²) in [6.07, 6.45) is 4.58. The molecule has 12 heavy (non-hydrogen) atoms. The average molecular weight is 183 g/mol. The molecule has 1 aromatic rings. The number of benzene rings is 1. The van der Waals surface area contributed by atoms with E-state index >= 15 is 0 Å². The lowest BCUT2D eigenvalue weighted by Gasteiger charge is -2.02. The van der Waals surface area contributed by atoms with Gasteiger partial charge in [-0.05, 0) is 25.5 Å². The van der Waals surface area contributed by atoms with Crippen molar-refractivity contribution in [1.82, 2.24) is 0 Å². The minimum atomic E-state index is 0.264. The smallest absolute Gasteiger partial charge is 0.120 e. The first-order chi connectivity index (χ1) is 5.75. The van der Waals surface area contributed by atoms with Gasteiger partial charge in [-0.25, -0.2) is 0 Å². The average Bonchev–Trinajstić information content (AvgIpc) is 2.04. The number of rotatable bonds is 2. The first kappa shape index (κ1) is 9.14. The van der Waals surface area contributed by atoms with Crippen molar-refractivity contribution in [1.29, 1.82) is 0 Å². The fraction of sp³-hybridized carbons (Fsp3) is 0.200. The first-order valence-electron chi connectivity index (χ1n) is 3.83. The van der Waals surface area contributed by atoms with Crippen LogP contribution in [-0.2, 0) is 6.42 Å². The minimum absolute atomic E-state index is 0.264. The molecule has 0 amide bonds. The zero-order valence-corrected chi connectivity index (χ0v) is 7.67. The largest absolute Gasteiger partial charge is 0.508 e. The number of phenolic OH excluding ortho intramolecular Hbond substituents is 1. The second-order valence-corrected chi connectivity index (χ2v) is 2.92. The Hall–Kier alpha value is -0.950. The van der Waals surface area contributed by atoms with Crippen molar-refractivity contribution in [3.05, 3.63) is 40.9 Å². The summed E-state index contributed by atoms with van der Waals surface area (Å²) in [5, 5.41) is 10.0. The standard InChI is InChI=1S/C10H11ClO/c1-2-3-5-8-9(11)6-4-7-10(8)12/h2-4,6-7,12H,5H2,1H3. The van der Waals surface area contributed by atoms with Gasteiger partial charge in [0.15, 0.2) is 0 Å². The predicted molar refractivity (Wildman–Crippen MR) is 51.6 cm³/mol. The van der Waals surface area contributed by atoms with Crippen LogP contribution in [0.15, 0.2) is 30.4 Å². The zero-order chi connectivity index (χ0) is 8.97. The van der Waals surface area contributed by atoms with E-state index in [4.69, 9.17) is 11.6 Å². The molecule has 0 bridgehead atoms. The van der Waals surface area contributed by atoms with Gasteiger partial charge in [0.05, 0.1) is 0 Å². The summed E-state index contributed by atoms with van der Waals surface area (Å²) in [6.45, 7) is 1.94. The van der Waals surface area contributed by atoms with E-state index in [9.17, 15) is 5.11 Å². The van der Waals surface area contributed by atoms with Gasteiger partial charge in [0.2, 0.25) is 0 Å². The van der Waals surface area contributed by atoms with Gasteiger partial charge in [-0.1, -0.05) is 29.8 Å². The second kappa shape index (κ2) is 4.17. The Morgan fingerprint density at radius 2 is 2.25 bits per heavy atom. The van der Waals surface area contributed by atoms with Crippen molar-refractivity contribution in [2.24, 2.45) is 0 Å². The molecule has 0 heterocycles. The van der Waals surface area contributed by atoms with Crippen molar-refractivity contribution >= 4 is 11.6 Å². The Morgan fingerprint density at radius 3 is 2.83 bits per heavy atom. The van der Waals surface area contributed by atoms with E-state index in [1.165, 1.54) is 0 Å². The Labute approximate surface area is 77.3 Å². The fourth-order valence-electron chi connectivity index (χ4n) is 0.985. The molecule has 0 aliphatic carbocycles. The molecule has 0 atom stereocenters. The summed E-state index contributed by atoms with van der Waals surface area (Å²) in [4.78, 5) is 0. The summed E-state index contributed by atoms with van der Waals surface area (Å²) in [5.74, 6) is 0.264. The number of allylic oxidation sites excluding steroid dienone is 2. The molecular formula is C10H11ClO. The van der Waals surface area contributed by atoms with E-state index in [2.05, 4.69) is 0 Å². The van der Waals surface area contributed by atoms with Crippen molar-refractivity contribution in [2.75, 3.05) is 0 Å². The van der Waals surface area contributed by atoms with Gasteiger partial charge < -0.3 is 5.11 Å². The van der Waals surface area contributed by atoms with Crippen LogP contribution in [0.3, 0.4) is 0 Å². The molecule has 0 saturated carbocycles. The summed E-state index contributed by atoms with van der Waals surface area (Å²) in [5.41, 5.74) is 0.789. The van der Waals surface area contributed by atoms with Crippen LogP contribution in [0.25, 0.3) is 0 Å². The van der Waals surface area contributed by atoms with E-state index in [0.717, 1.165) is 5.56 Å². The van der Waals surface area contributed by atoms with E-state index in [0.29, 0.717) is 11.4 Å². The van der Waals surface area contributed by atoms with E-state index in [-0.39, 0.29) is 5.75 Å². The van der Waals surface area contributed by atoms with Crippen molar-refractivity contribution in [3.63, 3.8) is 0 Å². The lowest BCUT2D eigenvalue weighted by molar-refractivity contribution is 0.470. The van der Waals surface area contributed by atoms with E-state index in [1.54, 1.807) is 18.2 Å². The predicted octanol–water partition coefficient (Wildman–Crippen LogP) is 3.16. The van der Waals surface area contributed by atoms with Crippen LogP contribution in [0, 0.1) is 0 Å². The third kappa shape index (κ3) is 2.02. The molecule has 64 valence electrons. The van der Waals surface area contributed by atoms with Crippen molar-refractivity contribution in [2.45, 2.75) is 13.3 Å². The second-order valence-electron chi connectivity index (χ2n) is 2.51. The number of hydrogen-bond donors (Lipinski definition) is 1. The number of halogens is 1. The number of phenols is 1. The van der Waals surface area contributed by atoms with Gasteiger partial charge in [-0.15, -0.1) is 0 Å². The van der Waals surface area contributed by atoms with Crippen LogP contribution in [-0.4, -0.2) is 5.11 Å². The molecule has 0 aromatic heterocycles. The molecule has 0 aliphatic rings. The molecule has 0 saturated heterocycles. The number of hydrogen-bond acceptors (Lipinski definition) is 1. The maximum Gasteiger partial charge on any atom is 0.120 e. The third-order valence-corrected chi connectivity index (χ3v) is 2.01. The highest BCUT2D eigenvalue weighted by atomic mass is 35.5. The fourth-order valence-corrected chi connectivity index (χ4v) is 1.23. The Balaban J connectivity index is 2.96. The van der Waals surface area contributed by atoms with Gasteiger partial charge >= 0.3 is 0 Å². The van der Waals surface area contributed by atoms with Crippen LogP contribution < -0.4 is 0 Å². The summed E-state index contributed by atoms with van der Waals surface area (Å²) >= 11 is 5.87. The van der Waals surface area contributed by atoms with E-state index in [1.807, 2.05) is 19.1 Å². The minimum Gasteiger partial charge on any atom is -0.508 e. The quantitative estimate of drug-likeness (QED) is 0.697. The molecule has 0 fully saturated rings. The Morgan fingerprint density at radius 1 is 1.50 bits per heavy atom. The molecule has 1 rings (SSSR count). The summed E-state index contributed by atoms with van der Waals surface area (Å²) < 4.78 is 0. The van der Waals surface area contributed by atoms with Gasteiger partial charge in [-0.3, -0.25) is 0 Å². The third-order valence-electron chi connectivity index (χ3n) is 1.65. The summed E-state index contributed by atoms with van der Waals surface area (Å²) in [6, 6.07) is 5.15. The highest BCUT2D eigenvalue weighted by molar-refractivity contribution is 6.31. The SMILES string of the molecule is CC=CCc1c(O)cccc1Cl. The molecule has 0 unspecified atom stereocenters. The highest BCUT2D eigenvalue weighted by Gasteiger charge is 2.02. The van der Waals surface area contributed by atoms with Crippen molar-refractivity contribution in [3.8, 4) is 5.75 Å². The molecular weight excluding hydrogens is 172 g/mol. The first-order valence-corrected chi connectivity index (χ1v) is 4.21. The highest BCUT2D eigenvalue weighted by Crippen LogP contribution is 2.25. The normalized spacial score (nSPS) is 10.8. The lowest BCUT2D eigenvalue weighted by atomic mass is 10.1. The van der Waals surface area contributed by atoms with Crippen LogP contribution in [0.5, 0.6) is 5.75 Å². The zero-order valence-electron chi connectivity index (χ0n) is 6.92. The number of aromatic hydroxyl groups is 1. The molecule has 1 nitrogen and oxygen atoms in total. The summed E-state index contributed by atoms with van der Waals surface area (Å²) in [7, 11) is 0. The van der Waals surface area contributed by atoms with Crippen molar-refractivity contribution < 1.29 is 5.11 Å². The van der Waals surface area contributed by atoms with Gasteiger partial charge in [0, 0.05) is 10.6 Å². The van der Waals surface area contributed by atoms with Crippen LogP contribution in [0.2, 0.25) is 5.02 Å². The van der Waals surface area contributed by atoms with Crippen LogP contribution in [0.1, 0.15) is 12.5 Å². The molecule has 0 radical (unpaired) electrons. The topological polar surface area (TPSA) is 20.2 Å².